The minimum atomic E-state index is -5.04. The predicted molar refractivity (Wildman–Crippen MR) is 129 cm³/mol. The molecule has 2 aromatic heterocycles. The van der Waals surface area contributed by atoms with Crippen molar-refractivity contribution in [2.24, 2.45) is 0 Å². The van der Waals surface area contributed by atoms with E-state index in [0.29, 0.717) is 15.8 Å². The fourth-order valence-corrected chi connectivity index (χ4v) is 4.21. The molecule has 4 rings (SSSR count). The standard InChI is InChI=1S/C23H21F3N5O6P/c1-13(14-4-3-5-16(8-14)21(32)27-2)30-11-28-19-9-15(6-7-17(19)22(30)33)18-10-29-31(12-37-38(34,35)36)20(18)23(24,25)26/h3-11,13H,12H2,1-2H3,(H,27,32)(H2,34,35,36). The highest BCUT2D eigenvalue weighted by Crippen LogP contribution is 2.40. The number of rotatable bonds is 7. The molecule has 0 bridgehead atoms. The molecule has 0 aliphatic rings. The minimum absolute atomic E-state index is 0.0308. The summed E-state index contributed by atoms with van der Waals surface area (Å²) >= 11 is 0. The van der Waals surface area contributed by atoms with Crippen LogP contribution in [-0.2, 0) is 22.0 Å². The van der Waals surface area contributed by atoms with Gasteiger partial charge in [-0.2, -0.15) is 18.3 Å². The number of aromatic nitrogens is 4. The Labute approximate surface area is 212 Å². The average Bonchev–Trinajstić information content (AvgIpc) is 3.31. The second-order valence-electron chi connectivity index (χ2n) is 8.22. The van der Waals surface area contributed by atoms with Crippen LogP contribution in [0, 0.1) is 0 Å². The number of alkyl halides is 3. The van der Waals surface area contributed by atoms with Crippen molar-refractivity contribution in [2.45, 2.75) is 25.9 Å². The van der Waals surface area contributed by atoms with Gasteiger partial charge in [-0.05, 0) is 42.3 Å². The lowest BCUT2D eigenvalue weighted by atomic mass is 10.0. The molecule has 15 heteroatoms. The van der Waals surface area contributed by atoms with Crippen LogP contribution in [0.15, 0.2) is 59.8 Å². The normalized spacial score (nSPS) is 13.0. The van der Waals surface area contributed by atoms with E-state index in [0.717, 1.165) is 6.20 Å². The molecule has 11 nitrogen and oxygen atoms in total. The van der Waals surface area contributed by atoms with Crippen molar-refractivity contribution >= 4 is 24.6 Å². The van der Waals surface area contributed by atoms with Gasteiger partial charge in [0.25, 0.3) is 11.5 Å². The van der Waals surface area contributed by atoms with Crippen molar-refractivity contribution in [1.82, 2.24) is 24.6 Å². The zero-order valence-corrected chi connectivity index (χ0v) is 20.8. The molecule has 2 aromatic carbocycles. The summed E-state index contributed by atoms with van der Waals surface area (Å²) in [6, 6.07) is 10.1. The van der Waals surface area contributed by atoms with E-state index < -0.39 is 38.0 Å². The number of hydrogen-bond acceptors (Lipinski definition) is 6. The van der Waals surface area contributed by atoms with Crippen LogP contribution in [0.2, 0.25) is 0 Å². The molecule has 200 valence electrons. The van der Waals surface area contributed by atoms with E-state index in [9.17, 15) is 27.3 Å². The third kappa shape index (κ3) is 5.53. The van der Waals surface area contributed by atoms with Crippen LogP contribution < -0.4 is 10.9 Å². The maximum Gasteiger partial charge on any atom is 0.471 e. The summed E-state index contributed by atoms with van der Waals surface area (Å²) < 4.78 is 58.2. The Bertz CT molecular complexity index is 1630. The molecule has 0 saturated heterocycles. The molecule has 1 amide bonds. The Kier molecular flexibility index (Phi) is 7.26. The Morgan fingerprint density at radius 1 is 1.21 bits per heavy atom. The van der Waals surface area contributed by atoms with Crippen LogP contribution in [0.25, 0.3) is 22.0 Å². The predicted octanol–water partition coefficient (Wildman–Crippen LogP) is 3.31. The monoisotopic (exact) mass is 551 g/mol. The second-order valence-corrected chi connectivity index (χ2v) is 9.46. The van der Waals surface area contributed by atoms with Gasteiger partial charge in [-0.15, -0.1) is 0 Å². The first-order valence-electron chi connectivity index (χ1n) is 11.0. The maximum absolute atomic E-state index is 13.8. The molecule has 0 radical (unpaired) electrons. The molecule has 0 aliphatic carbocycles. The van der Waals surface area contributed by atoms with E-state index in [1.807, 2.05) is 0 Å². The van der Waals surface area contributed by atoms with Gasteiger partial charge in [0.15, 0.2) is 12.4 Å². The summed E-state index contributed by atoms with van der Waals surface area (Å²) in [5, 5.41) is 6.25. The number of phosphoric ester groups is 1. The van der Waals surface area contributed by atoms with Crippen LogP contribution in [0.4, 0.5) is 13.2 Å². The van der Waals surface area contributed by atoms with Crippen LogP contribution in [0.3, 0.4) is 0 Å². The molecule has 0 saturated carbocycles. The molecule has 2 heterocycles. The van der Waals surface area contributed by atoms with E-state index in [4.69, 9.17) is 9.79 Å². The third-order valence-corrected chi connectivity index (χ3v) is 6.28. The Hall–Kier alpha value is -3.84. The number of phosphoric acid groups is 1. The van der Waals surface area contributed by atoms with Gasteiger partial charge in [-0.3, -0.25) is 18.7 Å². The number of halogens is 3. The van der Waals surface area contributed by atoms with Crippen LogP contribution in [-0.4, -0.2) is 42.1 Å². The number of fused-ring (bicyclic) bond motifs is 1. The molecular weight excluding hydrogens is 530 g/mol. The summed E-state index contributed by atoms with van der Waals surface area (Å²) in [7, 11) is -3.54. The topological polar surface area (TPSA) is 149 Å². The van der Waals surface area contributed by atoms with Crippen LogP contribution in [0.1, 0.15) is 34.6 Å². The number of benzene rings is 2. The molecule has 0 spiro atoms. The summed E-state index contributed by atoms with van der Waals surface area (Å²) in [4.78, 5) is 47.1. The van der Waals surface area contributed by atoms with Crippen molar-refractivity contribution in [3.05, 3.63) is 82.2 Å². The average molecular weight is 551 g/mol. The fourth-order valence-electron chi connectivity index (χ4n) is 3.95. The van der Waals surface area contributed by atoms with Crippen LogP contribution >= 0.6 is 7.82 Å². The lowest BCUT2D eigenvalue weighted by Gasteiger charge is -2.17. The Morgan fingerprint density at radius 2 is 1.95 bits per heavy atom. The number of hydrogen-bond donors (Lipinski definition) is 3. The van der Waals surface area contributed by atoms with Gasteiger partial charge in [0.1, 0.15) is 0 Å². The fraction of sp³-hybridized carbons (Fsp3) is 0.217. The highest BCUT2D eigenvalue weighted by molar-refractivity contribution is 7.46. The maximum atomic E-state index is 13.8. The van der Waals surface area contributed by atoms with Crippen molar-refractivity contribution in [3.63, 3.8) is 0 Å². The zero-order valence-electron chi connectivity index (χ0n) is 19.9. The lowest BCUT2D eigenvalue weighted by Crippen LogP contribution is -2.25. The molecule has 4 aromatic rings. The van der Waals surface area contributed by atoms with E-state index in [1.54, 1.807) is 31.2 Å². The number of nitrogens with zero attached hydrogens (tertiary/aromatic N) is 4. The van der Waals surface area contributed by atoms with Crippen molar-refractivity contribution < 1.29 is 36.8 Å². The summed E-state index contributed by atoms with van der Waals surface area (Å²) in [6.07, 6.45) is -2.78. The number of carbonyl (C=O) groups excluding carboxylic acids is 1. The van der Waals surface area contributed by atoms with Gasteiger partial charge in [-0.1, -0.05) is 18.2 Å². The lowest BCUT2D eigenvalue weighted by molar-refractivity contribution is -0.145. The van der Waals surface area contributed by atoms with Gasteiger partial charge < -0.3 is 15.1 Å². The van der Waals surface area contributed by atoms with Crippen LogP contribution in [0.5, 0.6) is 0 Å². The molecule has 3 N–H and O–H groups in total. The van der Waals surface area contributed by atoms with E-state index >= 15 is 0 Å². The second kappa shape index (κ2) is 10.1. The molecule has 0 fully saturated rings. The number of amides is 1. The SMILES string of the molecule is CNC(=O)c1cccc(C(C)n2cnc3cc(-c4cnn(COP(=O)(O)O)c4C(F)(F)F)ccc3c2=O)c1. The Balaban J connectivity index is 1.73. The third-order valence-electron chi connectivity index (χ3n) is 5.83. The molecule has 1 unspecified atom stereocenters. The molecule has 0 aliphatic heterocycles. The van der Waals surface area contributed by atoms with Gasteiger partial charge in [-0.25, -0.2) is 14.2 Å². The van der Waals surface area contributed by atoms with Crippen molar-refractivity contribution in [1.29, 1.82) is 0 Å². The number of nitrogens with one attached hydrogen (secondary N) is 1. The zero-order chi connectivity index (χ0) is 27.8. The quantitative estimate of drug-likeness (QED) is 0.296. The van der Waals surface area contributed by atoms with E-state index in [-0.39, 0.29) is 27.9 Å². The smallest absolute Gasteiger partial charge is 0.355 e. The van der Waals surface area contributed by atoms with E-state index in [2.05, 4.69) is 19.9 Å². The number of carbonyl (C=O) groups is 1. The van der Waals surface area contributed by atoms with Gasteiger partial charge in [0.05, 0.1) is 29.5 Å². The Morgan fingerprint density at radius 3 is 2.61 bits per heavy atom. The summed E-state index contributed by atoms with van der Waals surface area (Å²) in [6.45, 7) is 0.616. The first-order chi connectivity index (χ1) is 17.8. The first-order valence-corrected chi connectivity index (χ1v) is 12.5. The molecule has 1 atom stereocenters. The molecule has 38 heavy (non-hydrogen) atoms. The minimum Gasteiger partial charge on any atom is -0.355 e. The van der Waals surface area contributed by atoms with Crippen molar-refractivity contribution in [3.8, 4) is 11.1 Å². The molecular formula is C23H21F3N5O6P. The largest absolute Gasteiger partial charge is 0.471 e. The van der Waals surface area contributed by atoms with Gasteiger partial charge in [0.2, 0.25) is 0 Å². The first kappa shape index (κ1) is 27.2. The summed E-state index contributed by atoms with van der Waals surface area (Å²) in [5.74, 6) is -0.287. The van der Waals surface area contributed by atoms with E-state index in [1.165, 1.54) is 36.1 Å². The highest BCUT2D eigenvalue weighted by Gasteiger charge is 2.39. The summed E-state index contributed by atoms with van der Waals surface area (Å²) in [5.41, 5.74) is -0.879. The van der Waals surface area contributed by atoms with Gasteiger partial charge >= 0.3 is 14.0 Å². The highest BCUT2D eigenvalue weighted by atomic mass is 31.2. The van der Waals surface area contributed by atoms with Gasteiger partial charge in [0, 0.05) is 18.2 Å². The van der Waals surface area contributed by atoms with Crippen molar-refractivity contribution in [2.75, 3.05) is 7.05 Å².